The van der Waals surface area contributed by atoms with Crippen molar-refractivity contribution in [2.24, 2.45) is 5.92 Å². The molecule has 2 aliphatic rings. The molecule has 2 aromatic carbocycles. The number of sulfonamides is 1. The van der Waals surface area contributed by atoms with Crippen molar-refractivity contribution in [2.45, 2.75) is 56.6 Å². The SMILES string of the molecule is CC(C)CN(C[C@@H](O)[C@H](Cc1ccc(OCCCN2CCCC2)cc1)NC(=O)O)S(=O)(=O)c1ccc2c(c1)OCO2. The quantitative estimate of drug-likeness (QED) is 0.267. The third-order valence-electron chi connectivity index (χ3n) is 7.18. The van der Waals surface area contributed by atoms with Crippen LogP contribution in [0.2, 0.25) is 0 Å². The minimum absolute atomic E-state index is 0.00774. The van der Waals surface area contributed by atoms with E-state index in [1.54, 1.807) is 0 Å². The van der Waals surface area contributed by atoms with Gasteiger partial charge in [0, 0.05) is 25.7 Å². The summed E-state index contributed by atoms with van der Waals surface area (Å²) < 4.78 is 44.9. The number of aliphatic hydroxyl groups is 1. The molecule has 11 nitrogen and oxygen atoms in total. The molecule has 1 amide bonds. The van der Waals surface area contributed by atoms with Gasteiger partial charge in [-0.25, -0.2) is 13.2 Å². The van der Waals surface area contributed by atoms with Crippen molar-refractivity contribution >= 4 is 16.1 Å². The van der Waals surface area contributed by atoms with Gasteiger partial charge >= 0.3 is 6.09 Å². The van der Waals surface area contributed by atoms with E-state index in [1.165, 1.54) is 35.3 Å². The van der Waals surface area contributed by atoms with Gasteiger partial charge in [0.25, 0.3) is 0 Å². The molecule has 0 bridgehead atoms. The van der Waals surface area contributed by atoms with Crippen molar-refractivity contribution < 1.29 is 37.6 Å². The lowest BCUT2D eigenvalue weighted by molar-refractivity contribution is 0.0980. The van der Waals surface area contributed by atoms with E-state index in [0.717, 1.165) is 37.4 Å². The first-order chi connectivity index (χ1) is 19.6. The molecule has 2 atom stereocenters. The van der Waals surface area contributed by atoms with Crippen LogP contribution in [-0.4, -0.2) is 92.2 Å². The number of hydrogen-bond acceptors (Lipinski definition) is 8. The van der Waals surface area contributed by atoms with E-state index in [0.29, 0.717) is 18.1 Å². The van der Waals surface area contributed by atoms with Crippen molar-refractivity contribution in [2.75, 3.05) is 46.1 Å². The number of rotatable bonds is 15. The number of nitrogens with one attached hydrogen (secondary N) is 1. The molecule has 1 saturated heterocycles. The van der Waals surface area contributed by atoms with Crippen LogP contribution in [0.4, 0.5) is 4.79 Å². The van der Waals surface area contributed by atoms with E-state index in [2.05, 4.69) is 10.2 Å². The molecule has 3 N–H and O–H groups in total. The highest BCUT2D eigenvalue weighted by Crippen LogP contribution is 2.35. The lowest BCUT2D eigenvalue weighted by Crippen LogP contribution is -2.50. The summed E-state index contributed by atoms with van der Waals surface area (Å²) in [5, 5.41) is 23.0. The van der Waals surface area contributed by atoms with Gasteiger partial charge < -0.3 is 34.6 Å². The van der Waals surface area contributed by atoms with Crippen LogP contribution >= 0.6 is 0 Å². The molecule has 0 saturated carbocycles. The molecule has 0 aliphatic carbocycles. The molecule has 0 unspecified atom stereocenters. The van der Waals surface area contributed by atoms with Crippen LogP contribution in [0, 0.1) is 5.92 Å². The maximum absolute atomic E-state index is 13.6. The minimum atomic E-state index is -4.03. The van der Waals surface area contributed by atoms with E-state index in [-0.39, 0.29) is 37.1 Å². The molecule has 0 spiro atoms. The number of amides is 1. The normalized spacial score (nSPS) is 16.7. The fourth-order valence-corrected chi connectivity index (χ4v) is 6.74. The number of benzene rings is 2. The third kappa shape index (κ3) is 8.71. The Morgan fingerprint density at radius 1 is 1.07 bits per heavy atom. The Hall–Kier alpha value is -3.06. The van der Waals surface area contributed by atoms with E-state index >= 15 is 0 Å². The highest BCUT2D eigenvalue weighted by atomic mass is 32.2. The van der Waals surface area contributed by atoms with Gasteiger partial charge in [-0.3, -0.25) is 0 Å². The maximum atomic E-state index is 13.6. The molecule has 2 aliphatic heterocycles. The van der Waals surface area contributed by atoms with E-state index < -0.39 is 28.3 Å². The second-order valence-electron chi connectivity index (χ2n) is 11.0. The number of nitrogens with zero attached hydrogens (tertiary/aromatic N) is 2. The molecular formula is C29H41N3O8S. The summed E-state index contributed by atoms with van der Waals surface area (Å²) in [6.45, 7) is 7.56. The van der Waals surface area contributed by atoms with Gasteiger partial charge in [0.2, 0.25) is 16.8 Å². The Morgan fingerprint density at radius 3 is 2.46 bits per heavy atom. The number of aliphatic hydroxyl groups excluding tert-OH is 1. The van der Waals surface area contributed by atoms with Crippen LogP contribution < -0.4 is 19.5 Å². The van der Waals surface area contributed by atoms with Gasteiger partial charge in [-0.05, 0) is 74.5 Å². The van der Waals surface area contributed by atoms with Crippen LogP contribution in [0.1, 0.15) is 38.7 Å². The van der Waals surface area contributed by atoms with Gasteiger partial charge in [0.15, 0.2) is 11.5 Å². The number of hydrogen-bond donors (Lipinski definition) is 3. The Morgan fingerprint density at radius 2 is 1.78 bits per heavy atom. The Kier molecular flexibility index (Phi) is 10.7. The number of fused-ring (bicyclic) bond motifs is 1. The Bertz CT molecular complexity index is 1250. The monoisotopic (exact) mass is 591 g/mol. The summed E-state index contributed by atoms with van der Waals surface area (Å²) in [5.74, 6) is 1.47. The van der Waals surface area contributed by atoms with Crippen LogP contribution in [0.25, 0.3) is 0 Å². The van der Waals surface area contributed by atoms with Crippen molar-refractivity contribution in [1.29, 1.82) is 0 Å². The first kappa shape index (κ1) is 30.9. The van der Waals surface area contributed by atoms with Crippen molar-refractivity contribution in [3.8, 4) is 17.2 Å². The van der Waals surface area contributed by atoms with Gasteiger partial charge in [0.1, 0.15) is 5.75 Å². The Labute approximate surface area is 242 Å². The predicted molar refractivity (Wildman–Crippen MR) is 153 cm³/mol. The van der Waals surface area contributed by atoms with Crippen molar-refractivity contribution in [3.05, 3.63) is 48.0 Å². The fourth-order valence-electron chi connectivity index (χ4n) is 5.10. The Balaban J connectivity index is 1.40. The summed E-state index contributed by atoms with van der Waals surface area (Å²) in [6.07, 6.45) is 1.03. The summed E-state index contributed by atoms with van der Waals surface area (Å²) in [7, 11) is -4.03. The zero-order valence-corrected chi connectivity index (χ0v) is 24.5. The maximum Gasteiger partial charge on any atom is 0.404 e. The topological polar surface area (TPSA) is 138 Å². The smallest absolute Gasteiger partial charge is 0.404 e. The minimum Gasteiger partial charge on any atom is -0.494 e. The first-order valence-electron chi connectivity index (χ1n) is 14.1. The predicted octanol–water partition coefficient (Wildman–Crippen LogP) is 3.17. The van der Waals surface area contributed by atoms with Crippen LogP contribution in [0.5, 0.6) is 17.2 Å². The van der Waals surface area contributed by atoms with Gasteiger partial charge in [-0.15, -0.1) is 0 Å². The first-order valence-corrected chi connectivity index (χ1v) is 15.6. The van der Waals surface area contributed by atoms with Gasteiger partial charge in [-0.1, -0.05) is 26.0 Å². The molecule has 4 rings (SSSR count). The van der Waals surface area contributed by atoms with Gasteiger partial charge in [-0.2, -0.15) is 4.31 Å². The van der Waals surface area contributed by atoms with Crippen molar-refractivity contribution in [1.82, 2.24) is 14.5 Å². The number of likely N-dealkylation sites (tertiary alicyclic amines) is 1. The highest BCUT2D eigenvalue weighted by Gasteiger charge is 2.32. The average Bonchev–Trinajstić information content (AvgIpc) is 3.62. The van der Waals surface area contributed by atoms with E-state index in [4.69, 9.17) is 14.2 Å². The zero-order valence-electron chi connectivity index (χ0n) is 23.7. The summed E-state index contributed by atoms with van der Waals surface area (Å²) >= 11 is 0. The van der Waals surface area contributed by atoms with Crippen LogP contribution in [0.15, 0.2) is 47.4 Å². The second-order valence-corrected chi connectivity index (χ2v) is 12.9. The van der Waals surface area contributed by atoms with E-state index in [9.17, 15) is 23.4 Å². The molecule has 0 aromatic heterocycles. The summed E-state index contributed by atoms with van der Waals surface area (Å²) in [4.78, 5) is 14.0. The summed E-state index contributed by atoms with van der Waals surface area (Å²) in [5.41, 5.74) is 0.779. The molecule has 12 heteroatoms. The second kappa shape index (κ2) is 14.2. The zero-order chi connectivity index (χ0) is 29.4. The number of carbonyl (C=O) groups is 1. The molecule has 2 heterocycles. The van der Waals surface area contributed by atoms with Crippen LogP contribution in [0.3, 0.4) is 0 Å². The van der Waals surface area contributed by atoms with Crippen molar-refractivity contribution in [3.63, 3.8) is 0 Å². The third-order valence-corrected chi connectivity index (χ3v) is 9.01. The number of carboxylic acid groups (broad SMARTS) is 1. The fraction of sp³-hybridized carbons (Fsp3) is 0.552. The highest BCUT2D eigenvalue weighted by molar-refractivity contribution is 7.89. The molecule has 0 radical (unpaired) electrons. The summed E-state index contributed by atoms with van der Waals surface area (Å²) in [6, 6.07) is 10.7. The number of ether oxygens (including phenoxy) is 3. The molecule has 2 aromatic rings. The van der Waals surface area contributed by atoms with Crippen LogP contribution in [-0.2, 0) is 16.4 Å². The van der Waals surface area contributed by atoms with E-state index in [1.807, 2.05) is 38.1 Å². The largest absolute Gasteiger partial charge is 0.494 e. The molecule has 226 valence electrons. The lowest BCUT2D eigenvalue weighted by atomic mass is 10.0. The average molecular weight is 592 g/mol. The molecule has 41 heavy (non-hydrogen) atoms. The van der Waals surface area contributed by atoms with Gasteiger partial charge in [0.05, 0.1) is 23.6 Å². The standard InChI is InChI=1S/C29H41N3O8S/c1-21(2)18-32(41(36,37)24-10-11-27-28(17-24)40-20-39-27)19-26(33)25(30-29(34)35)16-22-6-8-23(9-7-22)38-15-5-14-31-12-3-4-13-31/h6-11,17,21,25-26,30,33H,3-5,12-16,18-20H2,1-2H3,(H,34,35)/t25-,26+/m0/s1. The molecular weight excluding hydrogens is 550 g/mol. The lowest BCUT2D eigenvalue weighted by Gasteiger charge is -2.30. The molecule has 1 fully saturated rings.